The van der Waals surface area contributed by atoms with Gasteiger partial charge in [0.25, 0.3) is 11.6 Å². The highest BCUT2D eigenvalue weighted by atomic mass is 16.6. The molecule has 1 saturated heterocycles. The highest BCUT2D eigenvalue weighted by molar-refractivity contribution is 5.98. The molecule has 3 rings (SSSR count). The molecule has 8 heteroatoms. The van der Waals surface area contributed by atoms with Crippen LogP contribution < -0.4 is 16.0 Å². The van der Waals surface area contributed by atoms with Crippen LogP contribution in [0, 0.1) is 10.1 Å². The Morgan fingerprint density at radius 1 is 1.07 bits per heavy atom. The first-order chi connectivity index (χ1) is 13.5. The molecule has 2 aromatic rings. The molecule has 28 heavy (non-hydrogen) atoms. The van der Waals surface area contributed by atoms with Gasteiger partial charge in [-0.3, -0.25) is 19.7 Å². The Hall–Kier alpha value is -3.42. The Morgan fingerprint density at radius 3 is 2.36 bits per heavy atom. The number of primary amides is 1. The Morgan fingerprint density at radius 2 is 1.75 bits per heavy atom. The van der Waals surface area contributed by atoms with E-state index in [2.05, 4.69) is 5.32 Å². The zero-order chi connectivity index (χ0) is 20.1. The third-order valence-electron chi connectivity index (χ3n) is 4.82. The average Bonchev–Trinajstić information content (AvgIpc) is 2.72. The zero-order valence-corrected chi connectivity index (χ0v) is 15.3. The van der Waals surface area contributed by atoms with Gasteiger partial charge in [-0.05, 0) is 37.0 Å². The first-order valence-corrected chi connectivity index (χ1v) is 9.16. The molecule has 0 aliphatic carbocycles. The summed E-state index contributed by atoms with van der Waals surface area (Å²) in [7, 11) is 0. The van der Waals surface area contributed by atoms with Crippen LogP contribution in [0.3, 0.4) is 0 Å². The van der Waals surface area contributed by atoms with E-state index in [-0.39, 0.29) is 11.3 Å². The van der Waals surface area contributed by atoms with E-state index >= 15 is 0 Å². The Balaban J connectivity index is 1.86. The SMILES string of the molecule is NC(=O)C(NC(=O)c1ccc(N2CCCCC2)c([N+](=O)[O-])c1)c1ccccc1. The van der Waals surface area contributed by atoms with Crippen LogP contribution >= 0.6 is 0 Å². The molecule has 3 N–H and O–H groups in total. The third-order valence-corrected chi connectivity index (χ3v) is 4.82. The fourth-order valence-corrected chi connectivity index (χ4v) is 3.39. The lowest BCUT2D eigenvalue weighted by Crippen LogP contribution is -2.37. The molecule has 0 aromatic heterocycles. The van der Waals surface area contributed by atoms with Crippen molar-refractivity contribution in [3.05, 3.63) is 69.8 Å². The third kappa shape index (κ3) is 4.28. The maximum atomic E-state index is 12.6. The second-order valence-corrected chi connectivity index (χ2v) is 6.73. The number of hydrogen-bond acceptors (Lipinski definition) is 5. The second kappa shape index (κ2) is 8.51. The Kier molecular flexibility index (Phi) is 5.88. The van der Waals surface area contributed by atoms with Gasteiger partial charge < -0.3 is 16.0 Å². The van der Waals surface area contributed by atoms with E-state index in [1.54, 1.807) is 36.4 Å². The quantitative estimate of drug-likeness (QED) is 0.588. The van der Waals surface area contributed by atoms with Crippen LogP contribution in [0.4, 0.5) is 11.4 Å². The largest absolute Gasteiger partial charge is 0.368 e. The van der Waals surface area contributed by atoms with Gasteiger partial charge in [-0.15, -0.1) is 0 Å². The fourth-order valence-electron chi connectivity index (χ4n) is 3.39. The van der Waals surface area contributed by atoms with Crippen molar-refractivity contribution in [1.29, 1.82) is 0 Å². The number of nitrogens with two attached hydrogens (primary N) is 1. The van der Waals surface area contributed by atoms with Gasteiger partial charge in [-0.1, -0.05) is 30.3 Å². The molecule has 0 bridgehead atoms. The van der Waals surface area contributed by atoms with Crippen molar-refractivity contribution < 1.29 is 14.5 Å². The number of nitrogens with zero attached hydrogens (tertiary/aromatic N) is 2. The Bertz CT molecular complexity index is 879. The fraction of sp³-hybridized carbons (Fsp3) is 0.300. The molecule has 0 radical (unpaired) electrons. The van der Waals surface area contributed by atoms with Gasteiger partial charge in [-0.2, -0.15) is 0 Å². The number of nitro benzene ring substituents is 1. The van der Waals surface area contributed by atoms with Gasteiger partial charge in [0, 0.05) is 24.7 Å². The van der Waals surface area contributed by atoms with Crippen LogP contribution in [0.5, 0.6) is 0 Å². The lowest BCUT2D eigenvalue weighted by atomic mass is 10.0. The first kappa shape index (κ1) is 19.3. The average molecular weight is 382 g/mol. The number of amides is 2. The first-order valence-electron chi connectivity index (χ1n) is 9.16. The zero-order valence-electron chi connectivity index (χ0n) is 15.3. The molecule has 1 aliphatic rings. The van der Waals surface area contributed by atoms with Gasteiger partial charge in [0.1, 0.15) is 11.7 Å². The summed E-state index contributed by atoms with van der Waals surface area (Å²) in [6.45, 7) is 1.51. The minimum absolute atomic E-state index is 0.106. The number of carbonyl (C=O) groups is 2. The van der Waals surface area contributed by atoms with E-state index in [0.29, 0.717) is 11.3 Å². The van der Waals surface area contributed by atoms with Crippen molar-refractivity contribution in [2.24, 2.45) is 5.73 Å². The van der Waals surface area contributed by atoms with E-state index in [4.69, 9.17) is 5.73 Å². The van der Waals surface area contributed by atoms with Crippen LogP contribution in [0.25, 0.3) is 0 Å². The van der Waals surface area contributed by atoms with Crippen molar-refractivity contribution >= 4 is 23.2 Å². The number of piperidine rings is 1. The summed E-state index contributed by atoms with van der Waals surface area (Å²) >= 11 is 0. The van der Waals surface area contributed by atoms with E-state index in [9.17, 15) is 19.7 Å². The van der Waals surface area contributed by atoms with E-state index in [1.807, 2.05) is 4.90 Å². The standard InChI is InChI=1S/C20H22N4O4/c21-19(25)18(14-7-3-1-4-8-14)22-20(26)15-9-10-16(17(13-15)24(27)28)23-11-5-2-6-12-23/h1,3-4,7-10,13,18H,2,5-6,11-12H2,(H2,21,25)(H,22,26). The second-order valence-electron chi connectivity index (χ2n) is 6.73. The predicted molar refractivity (Wildman–Crippen MR) is 105 cm³/mol. The van der Waals surface area contributed by atoms with Crippen LogP contribution in [-0.4, -0.2) is 29.8 Å². The molecule has 2 amide bonds. The normalized spacial score (nSPS) is 14.9. The predicted octanol–water partition coefficient (Wildman–Crippen LogP) is 2.54. The highest BCUT2D eigenvalue weighted by Crippen LogP contribution is 2.31. The number of anilines is 1. The lowest BCUT2D eigenvalue weighted by molar-refractivity contribution is -0.384. The van der Waals surface area contributed by atoms with Crippen molar-refractivity contribution in [2.45, 2.75) is 25.3 Å². The van der Waals surface area contributed by atoms with Gasteiger partial charge in [-0.25, -0.2) is 0 Å². The number of rotatable bonds is 6. The van der Waals surface area contributed by atoms with Gasteiger partial charge >= 0.3 is 0 Å². The molecule has 2 aromatic carbocycles. The van der Waals surface area contributed by atoms with Gasteiger partial charge in [0.05, 0.1) is 4.92 Å². The van der Waals surface area contributed by atoms with Crippen LogP contribution in [0.15, 0.2) is 48.5 Å². The molecule has 0 spiro atoms. The summed E-state index contributed by atoms with van der Waals surface area (Å²) in [6.07, 6.45) is 3.08. The molecule has 1 unspecified atom stereocenters. The summed E-state index contributed by atoms with van der Waals surface area (Å²) < 4.78 is 0. The maximum Gasteiger partial charge on any atom is 0.293 e. The molecule has 1 fully saturated rings. The Labute approximate surface area is 162 Å². The van der Waals surface area contributed by atoms with E-state index in [0.717, 1.165) is 32.4 Å². The lowest BCUT2D eigenvalue weighted by Gasteiger charge is -2.28. The van der Waals surface area contributed by atoms with E-state index < -0.39 is 22.8 Å². The minimum atomic E-state index is -1.02. The van der Waals surface area contributed by atoms with Crippen LogP contribution in [-0.2, 0) is 4.79 Å². The summed E-state index contributed by atoms with van der Waals surface area (Å²) in [4.78, 5) is 37.5. The topological polar surface area (TPSA) is 119 Å². The molecular weight excluding hydrogens is 360 g/mol. The molecule has 146 valence electrons. The number of benzene rings is 2. The molecule has 1 aliphatic heterocycles. The molecule has 0 saturated carbocycles. The number of carbonyl (C=O) groups excluding carboxylic acids is 2. The van der Waals surface area contributed by atoms with Crippen molar-refractivity contribution in [1.82, 2.24) is 5.32 Å². The van der Waals surface area contributed by atoms with E-state index in [1.165, 1.54) is 12.1 Å². The summed E-state index contributed by atoms with van der Waals surface area (Å²) in [5.74, 6) is -1.31. The summed E-state index contributed by atoms with van der Waals surface area (Å²) in [6, 6.07) is 12.0. The van der Waals surface area contributed by atoms with Gasteiger partial charge in [0.15, 0.2) is 0 Å². The number of nitrogens with one attached hydrogen (secondary N) is 1. The van der Waals surface area contributed by atoms with Crippen molar-refractivity contribution in [2.75, 3.05) is 18.0 Å². The summed E-state index contributed by atoms with van der Waals surface area (Å²) in [5.41, 5.74) is 6.47. The summed E-state index contributed by atoms with van der Waals surface area (Å²) in [5, 5.41) is 14.1. The van der Waals surface area contributed by atoms with Crippen LogP contribution in [0.2, 0.25) is 0 Å². The maximum absolute atomic E-state index is 12.6. The number of nitro groups is 1. The van der Waals surface area contributed by atoms with Gasteiger partial charge in [0.2, 0.25) is 5.91 Å². The highest BCUT2D eigenvalue weighted by Gasteiger charge is 2.25. The van der Waals surface area contributed by atoms with Crippen molar-refractivity contribution in [3.63, 3.8) is 0 Å². The minimum Gasteiger partial charge on any atom is -0.368 e. The number of hydrogen-bond donors (Lipinski definition) is 2. The monoisotopic (exact) mass is 382 g/mol. The molecule has 1 heterocycles. The van der Waals surface area contributed by atoms with Crippen LogP contribution in [0.1, 0.15) is 41.2 Å². The molecular formula is C20H22N4O4. The molecule has 8 nitrogen and oxygen atoms in total. The van der Waals surface area contributed by atoms with Crippen molar-refractivity contribution in [3.8, 4) is 0 Å². The molecule has 1 atom stereocenters. The smallest absolute Gasteiger partial charge is 0.293 e.